The lowest BCUT2D eigenvalue weighted by molar-refractivity contribution is -0.139. The molecule has 1 saturated heterocycles. The quantitative estimate of drug-likeness (QED) is 0.159. The molecule has 0 aliphatic carbocycles. The lowest BCUT2D eigenvalue weighted by Gasteiger charge is -2.24. The van der Waals surface area contributed by atoms with Gasteiger partial charge < -0.3 is 15.2 Å². The van der Waals surface area contributed by atoms with Gasteiger partial charge in [0, 0.05) is 42.0 Å². The molecule has 1 heterocycles. The van der Waals surface area contributed by atoms with Crippen LogP contribution in [0.3, 0.4) is 0 Å². The zero-order valence-corrected chi connectivity index (χ0v) is 32.8. The van der Waals surface area contributed by atoms with E-state index in [-0.39, 0.29) is 5.91 Å². The van der Waals surface area contributed by atoms with Crippen LogP contribution in [0, 0.1) is 6.92 Å². The second kappa shape index (κ2) is 25.9. The van der Waals surface area contributed by atoms with Crippen LogP contribution in [-0.2, 0) is 16.1 Å². The van der Waals surface area contributed by atoms with Crippen molar-refractivity contribution in [3.63, 3.8) is 0 Å². The van der Waals surface area contributed by atoms with E-state index in [1.54, 1.807) is 42.8 Å². The van der Waals surface area contributed by atoms with E-state index in [1.165, 1.54) is 4.90 Å². The van der Waals surface area contributed by atoms with E-state index in [2.05, 4.69) is 53.7 Å². The topological polar surface area (TPSA) is 78.9 Å². The van der Waals surface area contributed by atoms with Gasteiger partial charge in [-0.3, -0.25) is 9.69 Å². The van der Waals surface area contributed by atoms with Gasteiger partial charge in [-0.15, -0.1) is 11.8 Å². The van der Waals surface area contributed by atoms with E-state index in [0.717, 1.165) is 41.8 Å². The number of amides is 1. The maximum absolute atomic E-state index is 13.4. The highest BCUT2D eigenvalue weighted by Crippen LogP contribution is 2.35. The summed E-state index contributed by atoms with van der Waals surface area (Å²) in [5, 5.41) is 12.9. The zero-order valence-electron chi connectivity index (χ0n) is 30.3. The van der Waals surface area contributed by atoms with Crippen LogP contribution in [-0.4, -0.2) is 84.0 Å². The molecule has 0 radical (unpaired) electrons. The summed E-state index contributed by atoms with van der Waals surface area (Å²) < 4.78 is 5.58. The van der Waals surface area contributed by atoms with Crippen LogP contribution in [0.5, 0.6) is 0 Å². The molecule has 0 bridgehead atoms. The Morgan fingerprint density at radius 3 is 2.20 bits per heavy atom. The van der Waals surface area contributed by atoms with E-state index in [1.807, 2.05) is 93.8 Å². The summed E-state index contributed by atoms with van der Waals surface area (Å²) in [6.45, 7) is 15.1. The van der Waals surface area contributed by atoms with Gasteiger partial charge in [0.1, 0.15) is 6.04 Å². The molecule has 1 aliphatic rings. The van der Waals surface area contributed by atoms with E-state index in [9.17, 15) is 14.7 Å². The number of carboxylic acid groups (broad SMARTS) is 1. The fraction of sp³-hybridized carbons (Fsp3) is 0.400. The third-order valence-corrected chi connectivity index (χ3v) is 9.29. The highest BCUT2D eigenvalue weighted by molar-refractivity contribution is 8.00. The Labute approximate surface area is 308 Å². The first-order chi connectivity index (χ1) is 23.7. The number of allylic oxidation sites excluding steroid dienone is 2. The van der Waals surface area contributed by atoms with Crippen molar-refractivity contribution in [2.45, 2.75) is 62.4 Å². The zero-order chi connectivity index (χ0) is 36.6. The minimum atomic E-state index is -1.02. The van der Waals surface area contributed by atoms with Gasteiger partial charge in [-0.25, -0.2) is 4.79 Å². The number of thioether (sulfide) groups is 3. The van der Waals surface area contributed by atoms with Gasteiger partial charge in [-0.05, 0) is 90.8 Å². The van der Waals surface area contributed by atoms with E-state index in [0.29, 0.717) is 35.6 Å². The predicted molar refractivity (Wildman–Crippen MR) is 216 cm³/mol. The molecule has 0 aromatic heterocycles. The number of aryl methyl sites for hydroxylation is 1. The molecule has 1 aliphatic heterocycles. The van der Waals surface area contributed by atoms with Crippen LogP contribution in [0.1, 0.15) is 48.2 Å². The Morgan fingerprint density at radius 2 is 1.63 bits per heavy atom. The average Bonchev–Trinajstić information content (AvgIpc) is 3.48. The summed E-state index contributed by atoms with van der Waals surface area (Å²) in [6.07, 6.45) is 10.7. The third kappa shape index (κ3) is 15.6. The van der Waals surface area contributed by atoms with Crippen LogP contribution >= 0.6 is 35.3 Å². The van der Waals surface area contributed by atoms with Gasteiger partial charge in [0.05, 0.1) is 6.61 Å². The Balaban J connectivity index is 0.00000120. The number of methoxy groups -OCH3 is 1. The summed E-state index contributed by atoms with van der Waals surface area (Å²) in [5.74, 6) is -0.725. The second-order valence-electron chi connectivity index (χ2n) is 11.0. The summed E-state index contributed by atoms with van der Waals surface area (Å²) in [6, 6.07) is 23.8. The first-order valence-corrected chi connectivity index (χ1v) is 20.4. The van der Waals surface area contributed by atoms with Gasteiger partial charge >= 0.3 is 5.97 Å². The van der Waals surface area contributed by atoms with Crippen LogP contribution in [0.2, 0.25) is 0 Å². The number of hydrogen-bond donors (Lipinski definition) is 2. The molecule has 0 spiro atoms. The average molecular weight is 725 g/mol. The largest absolute Gasteiger partial charge is 0.480 e. The van der Waals surface area contributed by atoms with Gasteiger partial charge in [0.2, 0.25) is 0 Å². The number of carbonyl (C=O) groups excluding carboxylic acids is 1. The summed E-state index contributed by atoms with van der Waals surface area (Å²) in [5.41, 5.74) is 4.44. The molecule has 3 unspecified atom stereocenters. The van der Waals surface area contributed by atoms with E-state index < -0.39 is 12.0 Å². The Morgan fingerprint density at radius 1 is 1.00 bits per heavy atom. The third-order valence-electron chi connectivity index (χ3n) is 7.42. The van der Waals surface area contributed by atoms with Crippen molar-refractivity contribution in [3.05, 3.63) is 115 Å². The fourth-order valence-corrected chi connectivity index (χ4v) is 6.98. The Kier molecular flexibility index (Phi) is 23.3. The van der Waals surface area contributed by atoms with Crippen molar-refractivity contribution >= 4 is 47.2 Å². The standard InChI is InChI=1S/C32H38N2O4S2.C4H6.C2H6S.C2H6/c1-22-9-7-8-12-27(22)29-17-23(13-14-28(29)31(35)33-30(32(36)37)15-16-39-3)19-34-20-26(18-24(34)21-38-2)40-25-10-5-4-6-11-25;1-3-4-2;1-3-2;1-2/h4-14,17,24,26,30H,15-16,18-21H2,1-3H3,(H,33,35)(H,36,37);3-4H,1-2H2;1-2H3;1-2H3. The second-order valence-corrected chi connectivity index (χ2v) is 14.2. The number of likely N-dealkylation sites (tertiary alicyclic amines) is 1. The number of hydrogen-bond acceptors (Lipinski definition) is 7. The molecule has 3 aromatic rings. The Bertz CT molecular complexity index is 1400. The monoisotopic (exact) mass is 724 g/mol. The van der Waals surface area contributed by atoms with Crippen molar-refractivity contribution in [2.75, 3.05) is 44.8 Å². The number of ether oxygens (including phenoxy) is 1. The normalized spacial score (nSPS) is 15.6. The molecule has 0 saturated carbocycles. The van der Waals surface area contributed by atoms with Crippen molar-refractivity contribution in [2.24, 2.45) is 0 Å². The van der Waals surface area contributed by atoms with Gasteiger partial charge in [0.15, 0.2) is 0 Å². The number of carboxylic acids is 1. The maximum Gasteiger partial charge on any atom is 0.326 e. The van der Waals surface area contributed by atoms with E-state index in [4.69, 9.17) is 4.74 Å². The highest BCUT2D eigenvalue weighted by atomic mass is 32.2. The minimum absolute atomic E-state index is 0.309. The molecule has 1 amide bonds. The predicted octanol–water partition coefficient (Wildman–Crippen LogP) is 9.34. The SMILES string of the molecule is C=CC=C.CC.COCC1CC(Sc2ccccc2)CN1Cc1ccc(C(=O)NC(CCSC)C(=O)O)c(-c2ccccc2C)c1.CSC. The highest BCUT2D eigenvalue weighted by Gasteiger charge is 2.33. The molecule has 2 N–H and O–H groups in total. The lowest BCUT2D eigenvalue weighted by atomic mass is 9.93. The first-order valence-electron chi connectivity index (χ1n) is 16.5. The molecule has 6 nitrogen and oxygen atoms in total. The maximum atomic E-state index is 13.4. The molecule has 4 rings (SSSR count). The fourth-order valence-electron chi connectivity index (χ4n) is 5.22. The van der Waals surface area contributed by atoms with Crippen molar-refractivity contribution in [1.29, 1.82) is 0 Å². The molecule has 268 valence electrons. The molecule has 1 fully saturated rings. The molecular weight excluding hydrogens is 669 g/mol. The summed E-state index contributed by atoms with van der Waals surface area (Å²) >= 11 is 5.23. The van der Waals surface area contributed by atoms with Crippen LogP contribution < -0.4 is 5.32 Å². The number of benzene rings is 3. The number of carbonyl (C=O) groups is 2. The number of nitrogens with one attached hydrogen (secondary N) is 1. The first kappa shape index (κ1) is 44.1. The summed E-state index contributed by atoms with van der Waals surface area (Å²) in [7, 11) is 1.75. The van der Waals surface area contributed by atoms with Crippen molar-refractivity contribution in [3.8, 4) is 11.1 Å². The van der Waals surface area contributed by atoms with Crippen LogP contribution in [0.15, 0.2) is 103 Å². The lowest BCUT2D eigenvalue weighted by Crippen LogP contribution is -2.41. The number of aliphatic carboxylic acids is 1. The van der Waals surface area contributed by atoms with Crippen molar-refractivity contribution in [1.82, 2.24) is 10.2 Å². The molecule has 49 heavy (non-hydrogen) atoms. The molecule has 9 heteroatoms. The summed E-state index contributed by atoms with van der Waals surface area (Å²) in [4.78, 5) is 29.0. The van der Waals surface area contributed by atoms with Gasteiger partial charge in [0.25, 0.3) is 5.91 Å². The number of nitrogens with zero attached hydrogens (tertiary/aromatic N) is 1. The smallest absolute Gasteiger partial charge is 0.326 e. The van der Waals surface area contributed by atoms with Crippen molar-refractivity contribution < 1.29 is 19.4 Å². The molecule has 3 aromatic carbocycles. The number of rotatable bonds is 14. The van der Waals surface area contributed by atoms with E-state index >= 15 is 0 Å². The van der Waals surface area contributed by atoms with Crippen LogP contribution in [0.4, 0.5) is 0 Å². The van der Waals surface area contributed by atoms with Gasteiger partial charge in [-0.2, -0.15) is 23.5 Å². The minimum Gasteiger partial charge on any atom is -0.480 e. The van der Waals surface area contributed by atoms with Crippen LogP contribution in [0.25, 0.3) is 11.1 Å². The molecular formula is C40H56N2O4S3. The van der Waals surface area contributed by atoms with Gasteiger partial charge in [-0.1, -0.05) is 87.7 Å². The Hall–Kier alpha value is -2.95. The molecule has 3 atom stereocenters.